The fourth-order valence-electron chi connectivity index (χ4n) is 4.44. The van der Waals surface area contributed by atoms with Gasteiger partial charge in [-0.3, -0.25) is 4.79 Å². The summed E-state index contributed by atoms with van der Waals surface area (Å²) >= 11 is 0. The maximum Gasteiger partial charge on any atom is 0.261 e. The quantitative estimate of drug-likeness (QED) is 0.335. The Balaban J connectivity index is 0.00000274. The number of rotatable bonds is 6. The molecule has 0 saturated carbocycles. The monoisotopic (exact) mass is 488 g/mol. The van der Waals surface area contributed by atoms with Crippen LogP contribution < -0.4 is 26.2 Å². The minimum Gasteiger partial charge on any atom is -0.369 e. The lowest BCUT2D eigenvalue weighted by atomic mass is 9.98. The molecule has 0 unspecified atom stereocenters. The number of morpholine rings is 1. The van der Waals surface area contributed by atoms with Crippen molar-refractivity contribution in [2.45, 2.75) is 12.8 Å². The zero-order valence-electron chi connectivity index (χ0n) is 18.9. The van der Waals surface area contributed by atoms with Gasteiger partial charge in [-0.15, -0.1) is 17.1 Å². The lowest BCUT2D eigenvalue weighted by Gasteiger charge is -2.32. The van der Waals surface area contributed by atoms with E-state index in [0.29, 0.717) is 54.9 Å². The van der Waals surface area contributed by atoms with Crippen LogP contribution in [0.1, 0.15) is 12.8 Å². The molecule has 0 bridgehead atoms. The van der Waals surface area contributed by atoms with E-state index in [-0.39, 0.29) is 22.6 Å². The Labute approximate surface area is 203 Å². The molecule has 5 N–H and O–H groups in total. The Kier molecular flexibility index (Phi) is 7.64. The topological polar surface area (TPSA) is 124 Å². The van der Waals surface area contributed by atoms with Crippen LogP contribution in [-0.4, -0.2) is 66.1 Å². The maximum absolute atomic E-state index is 12.6. The number of hydrogen-bond acceptors (Lipinski definition) is 8. The van der Waals surface area contributed by atoms with Crippen molar-refractivity contribution in [2.24, 2.45) is 5.92 Å². The second kappa shape index (κ2) is 10.7. The number of ether oxygens (including phenoxy) is 1. The Morgan fingerprint density at radius 1 is 1.09 bits per heavy atom. The zero-order valence-corrected chi connectivity index (χ0v) is 19.7. The number of hydrogen-bond donors (Lipinski definition) is 5. The predicted molar refractivity (Wildman–Crippen MR) is 135 cm³/mol. The van der Waals surface area contributed by atoms with Gasteiger partial charge < -0.3 is 25.7 Å². The smallest absolute Gasteiger partial charge is 0.261 e. The number of pyridine rings is 1. The van der Waals surface area contributed by atoms with Gasteiger partial charge in [0.25, 0.3) is 5.56 Å². The Morgan fingerprint density at radius 2 is 1.82 bits per heavy atom. The van der Waals surface area contributed by atoms with Gasteiger partial charge in [-0.2, -0.15) is 4.98 Å². The predicted octanol–water partition coefficient (Wildman–Crippen LogP) is 2.62. The molecule has 3 aromatic rings. The molecule has 2 aliphatic heterocycles. The average Bonchev–Trinajstić information content (AvgIpc) is 2.84. The van der Waals surface area contributed by atoms with Gasteiger partial charge in [-0.25, -0.2) is 10.2 Å². The zero-order chi connectivity index (χ0) is 22.7. The van der Waals surface area contributed by atoms with Crippen LogP contribution in [0.5, 0.6) is 0 Å². The van der Waals surface area contributed by atoms with Gasteiger partial charge in [0.2, 0.25) is 5.95 Å². The molecular weight excluding hydrogens is 458 g/mol. The number of anilines is 3. The molecule has 34 heavy (non-hydrogen) atoms. The summed E-state index contributed by atoms with van der Waals surface area (Å²) in [7, 11) is 0. The molecule has 10 nitrogen and oxygen atoms in total. The largest absolute Gasteiger partial charge is 0.369 e. The second-order valence-corrected chi connectivity index (χ2v) is 8.69. The normalized spacial score (nSPS) is 18.3. The number of fused-ring (bicyclic) bond motifs is 1. The molecule has 0 atom stereocenters. The van der Waals surface area contributed by atoms with Crippen molar-refractivity contribution in [2.75, 3.05) is 56.6 Å². The van der Waals surface area contributed by atoms with E-state index in [2.05, 4.69) is 30.9 Å². The van der Waals surface area contributed by atoms with Crippen molar-refractivity contribution < 1.29 is 9.94 Å². The molecule has 0 aliphatic carbocycles. The number of aromatic amines is 1. The minimum absolute atomic E-state index is 0. The number of nitrogens with zero attached hydrogens (tertiary/aromatic N) is 3. The maximum atomic E-state index is 12.6. The minimum atomic E-state index is -0.246. The highest BCUT2D eigenvalue weighted by atomic mass is 35.5. The summed E-state index contributed by atoms with van der Waals surface area (Å²) in [6.45, 7) is 4.95. The summed E-state index contributed by atoms with van der Waals surface area (Å²) in [5.74, 6) is 1.52. The van der Waals surface area contributed by atoms with E-state index in [0.717, 1.165) is 43.9 Å². The molecule has 2 aromatic heterocycles. The van der Waals surface area contributed by atoms with Crippen molar-refractivity contribution >= 4 is 46.5 Å². The van der Waals surface area contributed by atoms with Crippen LogP contribution in [0.3, 0.4) is 0 Å². The lowest BCUT2D eigenvalue weighted by molar-refractivity contribution is -0.133. The van der Waals surface area contributed by atoms with Crippen LogP contribution in [0, 0.1) is 5.92 Å². The van der Waals surface area contributed by atoms with Crippen LogP contribution >= 0.6 is 12.4 Å². The van der Waals surface area contributed by atoms with Crippen molar-refractivity contribution in [1.82, 2.24) is 24.9 Å². The lowest BCUT2D eigenvalue weighted by Crippen LogP contribution is -2.53. The highest BCUT2D eigenvalue weighted by molar-refractivity contribution is 5.90. The van der Waals surface area contributed by atoms with Gasteiger partial charge in [0.15, 0.2) is 5.69 Å². The van der Waals surface area contributed by atoms with E-state index in [9.17, 15) is 10.0 Å². The first-order valence-electron chi connectivity index (χ1n) is 11.5. The van der Waals surface area contributed by atoms with E-state index in [1.54, 1.807) is 12.3 Å². The first-order chi connectivity index (χ1) is 16.1. The first-order valence-corrected chi connectivity index (χ1v) is 11.5. The summed E-state index contributed by atoms with van der Waals surface area (Å²) < 4.78 is 5.23. The number of quaternary nitrogens is 1. The second-order valence-electron chi connectivity index (χ2n) is 8.69. The molecule has 4 heterocycles. The number of hydroxylamine groups is 2. The van der Waals surface area contributed by atoms with Crippen LogP contribution in [0.15, 0.2) is 41.3 Å². The molecule has 5 rings (SSSR count). The third-order valence-electron chi connectivity index (χ3n) is 6.45. The molecule has 0 amide bonds. The van der Waals surface area contributed by atoms with Gasteiger partial charge >= 0.3 is 0 Å². The standard InChI is InChI=1S/C23H29N7O3.ClH/c31-22-20-19(7-10-25-22)28-23(26-15-16-5-8-24-9-6-16)29-21(20)27-17-1-3-18(4-2-17)30(32)11-13-33-14-12-30;/h1-4,7,10,16,24,32H,5-6,8-9,11-15H2,(H2-,25,26,27,28,29,31);1H/p+1. The van der Waals surface area contributed by atoms with E-state index < -0.39 is 0 Å². The van der Waals surface area contributed by atoms with E-state index >= 15 is 0 Å². The first kappa shape index (κ1) is 24.4. The number of aromatic nitrogens is 3. The highest BCUT2D eigenvalue weighted by Crippen LogP contribution is 2.27. The third kappa shape index (κ3) is 5.31. The van der Waals surface area contributed by atoms with Gasteiger partial charge in [-0.1, -0.05) is 0 Å². The molecular formula is C23H31ClN7O3+. The van der Waals surface area contributed by atoms with Crippen LogP contribution in [0.2, 0.25) is 0 Å². The molecule has 2 aliphatic rings. The summed E-state index contributed by atoms with van der Waals surface area (Å²) in [6, 6.07) is 9.32. The molecule has 2 saturated heterocycles. The van der Waals surface area contributed by atoms with Gasteiger partial charge in [-0.05, 0) is 50.0 Å². The fraction of sp³-hybridized carbons (Fsp3) is 0.435. The fourth-order valence-corrected chi connectivity index (χ4v) is 4.44. The SMILES string of the molecule is Cl.O=c1[nH]ccc2nc(NCC3CCNCC3)nc(Nc3ccc([N+]4(O)CCOCC4)cc3)c12. The number of nitrogens with one attached hydrogen (secondary N) is 4. The Morgan fingerprint density at radius 3 is 2.56 bits per heavy atom. The summed E-state index contributed by atoms with van der Waals surface area (Å²) in [5.41, 5.74) is 1.91. The average molecular weight is 489 g/mol. The van der Waals surface area contributed by atoms with Crippen LogP contribution in [-0.2, 0) is 4.74 Å². The number of halogens is 1. The van der Waals surface area contributed by atoms with Gasteiger partial charge in [0, 0.05) is 30.6 Å². The van der Waals surface area contributed by atoms with Crippen molar-refractivity contribution in [3.8, 4) is 0 Å². The number of piperidine rings is 1. The summed E-state index contributed by atoms with van der Waals surface area (Å²) in [4.78, 5) is 24.5. The molecule has 0 radical (unpaired) electrons. The van der Waals surface area contributed by atoms with E-state index in [1.807, 2.05) is 24.3 Å². The van der Waals surface area contributed by atoms with E-state index in [1.165, 1.54) is 0 Å². The Bertz CT molecular complexity index is 1160. The molecule has 2 fully saturated rings. The highest BCUT2D eigenvalue weighted by Gasteiger charge is 2.31. The number of benzene rings is 1. The Hall–Kier alpha value is -2.76. The summed E-state index contributed by atoms with van der Waals surface area (Å²) in [5, 5.41) is 21.3. The molecule has 0 spiro atoms. The van der Waals surface area contributed by atoms with E-state index in [4.69, 9.17) is 4.74 Å². The summed E-state index contributed by atoms with van der Waals surface area (Å²) in [6.07, 6.45) is 3.84. The van der Waals surface area contributed by atoms with Crippen molar-refractivity contribution in [3.63, 3.8) is 0 Å². The molecule has 182 valence electrons. The molecule has 11 heteroatoms. The molecule has 1 aromatic carbocycles. The number of H-pyrrole nitrogens is 1. The van der Waals surface area contributed by atoms with Gasteiger partial charge in [0.1, 0.15) is 24.3 Å². The van der Waals surface area contributed by atoms with Crippen LogP contribution in [0.25, 0.3) is 10.9 Å². The van der Waals surface area contributed by atoms with Crippen LogP contribution in [0.4, 0.5) is 23.1 Å². The van der Waals surface area contributed by atoms with Crippen molar-refractivity contribution in [3.05, 3.63) is 46.9 Å². The van der Waals surface area contributed by atoms with Crippen molar-refractivity contribution in [1.29, 1.82) is 0 Å². The van der Waals surface area contributed by atoms with Gasteiger partial charge in [0.05, 0.1) is 18.7 Å². The third-order valence-corrected chi connectivity index (χ3v) is 6.45.